The first-order chi connectivity index (χ1) is 21.9. The van der Waals surface area contributed by atoms with Gasteiger partial charge < -0.3 is 4.74 Å². The van der Waals surface area contributed by atoms with Gasteiger partial charge in [-0.15, -0.1) is 0 Å². The zero-order chi connectivity index (χ0) is 31.1. The van der Waals surface area contributed by atoms with Crippen LogP contribution in [0, 0.1) is 6.92 Å². The fourth-order valence-electron chi connectivity index (χ4n) is 6.44. The van der Waals surface area contributed by atoms with E-state index in [9.17, 15) is 0 Å². The molecule has 0 saturated carbocycles. The molecule has 0 fully saturated rings. The van der Waals surface area contributed by atoms with E-state index in [0.29, 0.717) is 5.92 Å². The van der Waals surface area contributed by atoms with Crippen molar-refractivity contribution in [3.63, 3.8) is 0 Å². The summed E-state index contributed by atoms with van der Waals surface area (Å²) in [5.74, 6) is 2.86. The zero-order valence-corrected chi connectivity index (χ0v) is 26.6. The molecule has 0 aliphatic carbocycles. The minimum atomic E-state index is 0.412. The molecule has 5 nitrogen and oxygen atoms in total. The van der Waals surface area contributed by atoms with Crippen LogP contribution in [0.5, 0.6) is 11.5 Å². The summed E-state index contributed by atoms with van der Waals surface area (Å²) in [6, 6.07) is 32.0. The summed E-state index contributed by atoms with van der Waals surface area (Å²) in [5, 5.41) is 7.15. The maximum absolute atomic E-state index is 6.57. The normalized spacial score (nSPS) is 11.6. The maximum atomic E-state index is 6.57. The highest BCUT2D eigenvalue weighted by Crippen LogP contribution is 2.36. The number of hydrogen-bond acceptors (Lipinski definition) is 3. The molecule has 0 spiro atoms. The largest absolute Gasteiger partial charge is 0.457 e. The van der Waals surface area contributed by atoms with Gasteiger partial charge in [0.2, 0.25) is 0 Å². The molecule has 3 heterocycles. The summed E-state index contributed by atoms with van der Waals surface area (Å²) >= 11 is 0. The van der Waals surface area contributed by atoms with E-state index in [0.717, 1.165) is 58.0 Å². The van der Waals surface area contributed by atoms with E-state index >= 15 is 0 Å². The monoisotopic (exact) mass is 590 g/mol. The van der Waals surface area contributed by atoms with Gasteiger partial charge in [-0.1, -0.05) is 64.1 Å². The molecular weight excluding hydrogens is 552 g/mol. The second-order valence-electron chi connectivity index (χ2n) is 12.1. The van der Waals surface area contributed by atoms with Crippen molar-refractivity contribution >= 4 is 21.8 Å². The molecule has 3 aromatic heterocycles. The van der Waals surface area contributed by atoms with Gasteiger partial charge in [0.25, 0.3) is 0 Å². The van der Waals surface area contributed by atoms with Crippen LogP contribution >= 0.6 is 0 Å². The number of aryl methyl sites for hydroxylation is 3. The highest BCUT2D eigenvalue weighted by atomic mass is 16.5. The Hall–Kier alpha value is -5.16. The van der Waals surface area contributed by atoms with Gasteiger partial charge in [0.1, 0.15) is 17.3 Å². The van der Waals surface area contributed by atoms with Crippen LogP contribution in [0.4, 0.5) is 0 Å². The van der Waals surface area contributed by atoms with Crippen molar-refractivity contribution in [3.8, 4) is 34.1 Å². The quantitative estimate of drug-likeness (QED) is 0.177. The average molecular weight is 591 g/mol. The van der Waals surface area contributed by atoms with Crippen molar-refractivity contribution < 1.29 is 4.74 Å². The summed E-state index contributed by atoms with van der Waals surface area (Å²) in [7, 11) is 0. The molecule has 0 bridgehead atoms. The van der Waals surface area contributed by atoms with Crippen molar-refractivity contribution in [1.82, 2.24) is 19.3 Å². The maximum Gasteiger partial charge on any atom is 0.137 e. The van der Waals surface area contributed by atoms with E-state index in [1.54, 1.807) is 0 Å². The van der Waals surface area contributed by atoms with Gasteiger partial charge in [0, 0.05) is 40.9 Å². The Bertz CT molecular complexity index is 2150. The highest BCUT2D eigenvalue weighted by molar-refractivity contribution is 6.09. The predicted octanol–water partition coefficient (Wildman–Crippen LogP) is 10.4. The van der Waals surface area contributed by atoms with E-state index in [2.05, 4.69) is 136 Å². The van der Waals surface area contributed by atoms with E-state index in [-0.39, 0.29) is 0 Å². The third-order valence-corrected chi connectivity index (χ3v) is 8.72. The number of pyridine rings is 1. The molecule has 45 heavy (non-hydrogen) atoms. The summed E-state index contributed by atoms with van der Waals surface area (Å²) < 4.78 is 10.8. The number of hydrogen-bond donors (Lipinski definition) is 0. The van der Waals surface area contributed by atoms with Crippen LogP contribution in [0.1, 0.15) is 55.9 Å². The Balaban J connectivity index is 1.27. The number of ether oxygens (including phenoxy) is 1. The first-order valence-electron chi connectivity index (χ1n) is 15.9. The van der Waals surface area contributed by atoms with Crippen molar-refractivity contribution in [3.05, 3.63) is 132 Å². The van der Waals surface area contributed by atoms with Crippen molar-refractivity contribution in [1.29, 1.82) is 0 Å². The number of aromatic nitrogens is 4. The molecule has 0 aliphatic heterocycles. The lowest BCUT2D eigenvalue weighted by Gasteiger charge is -2.12. The highest BCUT2D eigenvalue weighted by Gasteiger charge is 2.16. The second-order valence-corrected chi connectivity index (χ2v) is 12.1. The van der Waals surface area contributed by atoms with Gasteiger partial charge in [-0.25, -0.2) is 9.67 Å². The topological polar surface area (TPSA) is 44.9 Å². The number of fused-ring (bicyclic) bond motifs is 3. The van der Waals surface area contributed by atoms with E-state index in [4.69, 9.17) is 14.8 Å². The Morgan fingerprint density at radius 1 is 0.756 bits per heavy atom. The smallest absolute Gasteiger partial charge is 0.137 e. The van der Waals surface area contributed by atoms with E-state index < -0.39 is 0 Å². The van der Waals surface area contributed by atoms with Gasteiger partial charge in [-0.2, -0.15) is 5.10 Å². The summed E-state index contributed by atoms with van der Waals surface area (Å²) in [6.07, 6.45) is 7.99. The van der Waals surface area contributed by atoms with Crippen LogP contribution < -0.4 is 4.74 Å². The molecule has 0 unspecified atom stereocenters. The van der Waals surface area contributed by atoms with Gasteiger partial charge >= 0.3 is 0 Å². The predicted molar refractivity (Wildman–Crippen MR) is 185 cm³/mol. The van der Waals surface area contributed by atoms with Crippen molar-refractivity contribution in [2.75, 3.05) is 0 Å². The first-order valence-corrected chi connectivity index (χ1v) is 15.9. The van der Waals surface area contributed by atoms with Gasteiger partial charge in [-0.05, 0) is 96.0 Å². The Kier molecular flexibility index (Phi) is 7.46. The minimum Gasteiger partial charge on any atom is -0.457 e. The Morgan fingerprint density at radius 2 is 1.53 bits per heavy atom. The first kappa shape index (κ1) is 28.6. The lowest BCUT2D eigenvalue weighted by molar-refractivity contribution is 0.482. The summed E-state index contributed by atoms with van der Waals surface area (Å²) in [6.45, 7) is 10.9. The molecule has 0 radical (unpaired) electrons. The Morgan fingerprint density at radius 3 is 2.31 bits per heavy atom. The summed E-state index contributed by atoms with van der Waals surface area (Å²) in [5.41, 5.74) is 10.7. The van der Waals surface area contributed by atoms with E-state index in [1.807, 2.05) is 17.1 Å². The molecule has 224 valence electrons. The molecule has 7 rings (SSSR count). The molecule has 0 aliphatic rings. The van der Waals surface area contributed by atoms with Crippen molar-refractivity contribution in [2.24, 2.45) is 0 Å². The number of rotatable bonds is 8. The van der Waals surface area contributed by atoms with Crippen LogP contribution in [0.25, 0.3) is 44.4 Å². The Labute approximate surface area is 264 Å². The third-order valence-electron chi connectivity index (χ3n) is 8.72. The average Bonchev–Trinajstić information content (AvgIpc) is 3.67. The van der Waals surface area contributed by atoms with Gasteiger partial charge in [-0.3, -0.25) is 4.57 Å². The molecule has 0 amide bonds. The SMILES string of the molecule is CCc1cccc(CC)c1-c1cnn(-c2cc(C)cc(Oc3ccc4c5ccccc5n(-c5cc(C(C)C)ccn5)c4c3)c2)c1. The fourth-order valence-corrected chi connectivity index (χ4v) is 6.44. The third kappa shape index (κ3) is 5.29. The van der Waals surface area contributed by atoms with Crippen LogP contribution in [0.15, 0.2) is 110 Å². The molecule has 0 N–H and O–H groups in total. The number of nitrogens with zero attached hydrogens (tertiary/aromatic N) is 4. The molecule has 5 heteroatoms. The van der Waals surface area contributed by atoms with Gasteiger partial charge in [0.15, 0.2) is 0 Å². The standard InChI is InChI=1S/C40H38N4O/c1-6-28-11-10-12-29(7-2)40(28)31-24-42-43(25-31)32-19-27(5)20-34(22-32)45-33-15-16-36-35-13-8-9-14-37(35)44(38(36)23-33)39-21-30(26(3)4)17-18-41-39/h8-26H,6-7H2,1-5H3. The molecule has 7 aromatic rings. The van der Waals surface area contributed by atoms with E-state index in [1.165, 1.54) is 33.0 Å². The van der Waals surface area contributed by atoms with Crippen LogP contribution in [0.3, 0.4) is 0 Å². The fraction of sp³-hybridized carbons (Fsp3) is 0.200. The molecule has 0 atom stereocenters. The van der Waals surface area contributed by atoms with Crippen LogP contribution in [0.2, 0.25) is 0 Å². The lowest BCUT2D eigenvalue weighted by atomic mass is 9.94. The number of benzene rings is 4. The van der Waals surface area contributed by atoms with Crippen LogP contribution in [-0.4, -0.2) is 19.3 Å². The lowest BCUT2D eigenvalue weighted by Crippen LogP contribution is -1.99. The second kappa shape index (κ2) is 11.7. The number of para-hydroxylation sites is 1. The molecular formula is C40H38N4O. The van der Waals surface area contributed by atoms with Crippen LogP contribution in [-0.2, 0) is 12.8 Å². The molecule has 4 aromatic carbocycles. The zero-order valence-electron chi connectivity index (χ0n) is 26.6. The van der Waals surface area contributed by atoms with Crippen molar-refractivity contribution in [2.45, 2.75) is 53.4 Å². The minimum absolute atomic E-state index is 0.412. The summed E-state index contributed by atoms with van der Waals surface area (Å²) in [4.78, 5) is 4.79. The van der Waals surface area contributed by atoms with Gasteiger partial charge in [0.05, 0.1) is 22.9 Å². The molecule has 0 saturated heterocycles.